The van der Waals surface area contributed by atoms with Crippen LogP contribution in [0.15, 0.2) is 41.5 Å². The lowest BCUT2D eigenvalue weighted by atomic mass is 10.0. The Morgan fingerprint density at radius 1 is 1.22 bits per heavy atom. The van der Waals surface area contributed by atoms with E-state index in [4.69, 9.17) is 0 Å². The van der Waals surface area contributed by atoms with Gasteiger partial charge in [0.25, 0.3) is 12.0 Å². The van der Waals surface area contributed by atoms with Gasteiger partial charge in [0.2, 0.25) is 5.91 Å². The minimum absolute atomic E-state index is 0.0236. The van der Waals surface area contributed by atoms with Crippen molar-refractivity contribution in [3.05, 3.63) is 75.3 Å². The van der Waals surface area contributed by atoms with Crippen LogP contribution in [0.3, 0.4) is 0 Å². The average molecular weight is 379 g/mol. The van der Waals surface area contributed by atoms with Crippen LogP contribution in [0.25, 0.3) is 10.9 Å². The number of carbonyl (C=O) groups excluding carboxylic acids is 1. The molecule has 0 atom stereocenters. The van der Waals surface area contributed by atoms with Gasteiger partial charge in [-0.2, -0.15) is 0 Å². The van der Waals surface area contributed by atoms with E-state index >= 15 is 0 Å². The zero-order valence-corrected chi connectivity index (χ0v) is 13.7. The van der Waals surface area contributed by atoms with Crippen LogP contribution in [0.5, 0.6) is 0 Å². The molecule has 27 heavy (non-hydrogen) atoms. The Kier molecular flexibility index (Phi) is 5.20. The number of amides is 1. The first kappa shape index (κ1) is 18.6. The molecule has 140 valence electrons. The second-order valence-electron chi connectivity index (χ2n) is 5.76. The van der Waals surface area contributed by atoms with E-state index in [1.807, 2.05) is 0 Å². The predicted octanol–water partition coefficient (Wildman–Crippen LogP) is 3.00. The number of carbonyl (C=O) groups is 1. The molecule has 0 aliphatic rings. The fourth-order valence-corrected chi connectivity index (χ4v) is 2.71. The lowest BCUT2D eigenvalue weighted by Crippen LogP contribution is -2.29. The second-order valence-corrected chi connectivity index (χ2v) is 5.76. The zero-order valence-electron chi connectivity index (χ0n) is 13.7. The summed E-state index contributed by atoms with van der Waals surface area (Å²) in [6.45, 7) is -0.276. The molecule has 2 heterocycles. The van der Waals surface area contributed by atoms with Gasteiger partial charge < -0.3 is 10.3 Å². The number of fused-ring (bicyclic) bond motifs is 1. The number of pyridine rings is 2. The Hall–Kier alpha value is -3.23. The van der Waals surface area contributed by atoms with Crippen LogP contribution < -0.4 is 10.9 Å². The van der Waals surface area contributed by atoms with Gasteiger partial charge in [0.15, 0.2) is 0 Å². The van der Waals surface area contributed by atoms with Gasteiger partial charge in [-0.25, -0.2) is 17.6 Å². The molecule has 0 saturated carbocycles. The number of rotatable bonds is 5. The Morgan fingerprint density at radius 2 is 2.00 bits per heavy atom. The number of aromatic amines is 1. The summed E-state index contributed by atoms with van der Waals surface area (Å²) in [5.74, 6) is -2.37. The summed E-state index contributed by atoms with van der Waals surface area (Å²) in [5.41, 5.74) is -1.56. The van der Waals surface area contributed by atoms with Gasteiger partial charge in [-0.05, 0) is 12.1 Å². The number of halogens is 4. The Balaban J connectivity index is 1.85. The Bertz CT molecular complexity index is 1070. The van der Waals surface area contributed by atoms with Crippen LogP contribution in [0.2, 0.25) is 0 Å². The van der Waals surface area contributed by atoms with Crippen LogP contribution in [-0.4, -0.2) is 15.9 Å². The van der Waals surface area contributed by atoms with Crippen molar-refractivity contribution in [1.82, 2.24) is 15.3 Å². The van der Waals surface area contributed by atoms with Crippen molar-refractivity contribution in [3.8, 4) is 0 Å². The molecular formula is C18H13F4N3O2. The van der Waals surface area contributed by atoms with Crippen LogP contribution in [0, 0.1) is 11.6 Å². The van der Waals surface area contributed by atoms with Crippen LogP contribution in [-0.2, 0) is 17.8 Å². The van der Waals surface area contributed by atoms with Gasteiger partial charge in [-0.1, -0.05) is 6.07 Å². The fraction of sp³-hybridized carbons (Fsp3) is 0.167. The molecule has 0 aliphatic heterocycles. The minimum atomic E-state index is -2.99. The highest BCUT2D eigenvalue weighted by Crippen LogP contribution is 2.28. The maximum absolute atomic E-state index is 13.6. The van der Waals surface area contributed by atoms with E-state index in [0.717, 1.165) is 12.1 Å². The van der Waals surface area contributed by atoms with Gasteiger partial charge in [0.05, 0.1) is 11.9 Å². The molecule has 9 heteroatoms. The highest BCUT2D eigenvalue weighted by Gasteiger charge is 2.22. The van der Waals surface area contributed by atoms with E-state index in [-0.39, 0.29) is 28.6 Å². The number of aromatic nitrogens is 2. The maximum atomic E-state index is 13.6. The van der Waals surface area contributed by atoms with Crippen molar-refractivity contribution in [2.75, 3.05) is 0 Å². The average Bonchev–Trinajstić information content (AvgIpc) is 2.61. The van der Waals surface area contributed by atoms with Crippen molar-refractivity contribution in [2.24, 2.45) is 0 Å². The van der Waals surface area contributed by atoms with E-state index in [1.54, 1.807) is 0 Å². The molecule has 0 aliphatic carbocycles. The molecule has 0 radical (unpaired) electrons. The predicted molar refractivity (Wildman–Crippen MR) is 89.2 cm³/mol. The van der Waals surface area contributed by atoms with Crippen LogP contribution in [0.1, 0.15) is 23.1 Å². The first-order valence-electron chi connectivity index (χ1n) is 7.84. The third-order valence-corrected chi connectivity index (χ3v) is 4.01. The van der Waals surface area contributed by atoms with E-state index in [2.05, 4.69) is 15.3 Å². The number of hydrogen-bond acceptors (Lipinski definition) is 3. The maximum Gasteiger partial charge on any atom is 0.265 e. The molecule has 0 unspecified atom stereocenters. The Morgan fingerprint density at radius 3 is 2.70 bits per heavy atom. The van der Waals surface area contributed by atoms with Crippen molar-refractivity contribution >= 4 is 16.8 Å². The van der Waals surface area contributed by atoms with Crippen molar-refractivity contribution in [1.29, 1.82) is 0 Å². The summed E-state index contributed by atoms with van der Waals surface area (Å²) in [5, 5.41) is 2.38. The molecular weight excluding hydrogens is 366 g/mol. The molecule has 0 spiro atoms. The third-order valence-electron chi connectivity index (χ3n) is 4.01. The van der Waals surface area contributed by atoms with E-state index < -0.39 is 41.5 Å². The topological polar surface area (TPSA) is 74.8 Å². The number of alkyl halides is 2. The Labute approximate surface area is 150 Å². The second kappa shape index (κ2) is 7.56. The molecule has 0 bridgehead atoms. The van der Waals surface area contributed by atoms with E-state index in [9.17, 15) is 27.2 Å². The van der Waals surface area contributed by atoms with Gasteiger partial charge in [-0.15, -0.1) is 0 Å². The number of H-pyrrole nitrogens is 1. The number of hydrogen-bond donors (Lipinski definition) is 2. The molecule has 0 fully saturated rings. The van der Waals surface area contributed by atoms with Crippen LogP contribution in [0.4, 0.5) is 17.6 Å². The van der Waals surface area contributed by atoms with Gasteiger partial charge >= 0.3 is 0 Å². The number of nitrogens with zero attached hydrogens (tertiary/aromatic N) is 1. The van der Waals surface area contributed by atoms with Gasteiger partial charge in [0, 0.05) is 47.1 Å². The lowest BCUT2D eigenvalue weighted by molar-refractivity contribution is -0.120. The molecule has 0 saturated heterocycles. The van der Waals surface area contributed by atoms with Crippen molar-refractivity contribution in [3.63, 3.8) is 0 Å². The number of benzene rings is 1. The molecule has 1 amide bonds. The standard InChI is InChI=1S/C18H13F4N3O2/c19-10-2-1-9(13(20)5-10)7-24-15(26)6-11-16(17(21)22)12-8-23-4-3-14(12)25-18(11)27/h1-5,8,17H,6-7H2,(H,24,26)(H,25,27). The summed E-state index contributed by atoms with van der Waals surface area (Å²) in [6, 6.07) is 4.23. The number of nitrogens with one attached hydrogen (secondary N) is 2. The van der Waals surface area contributed by atoms with Gasteiger partial charge in [0.1, 0.15) is 11.6 Å². The van der Waals surface area contributed by atoms with Gasteiger partial charge in [-0.3, -0.25) is 14.6 Å². The summed E-state index contributed by atoms with van der Waals surface area (Å²) in [6.07, 6.45) is -1.08. The third kappa shape index (κ3) is 3.97. The quantitative estimate of drug-likeness (QED) is 0.670. The zero-order chi connectivity index (χ0) is 19.6. The molecule has 1 aromatic carbocycles. The van der Waals surface area contributed by atoms with Crippen LogP contribution >= 0.6 is 0 Å². The summed E-state index contributed by atoms with van der Waals surface area (Å²) in [7, 11) is 0. The summed E-state index contributed by atoms with van der Waals surface area (Å²) < 4.78 is 53.5. The lowest BCUT2D eigenvalue weighted by Gasteiger charge is -2.12. The highest BCUT2D eigenvalue weighted by molar-refractivity contribution is 5.85. The molecule has 3 rings (SSSR count). The highest BCUT2D eigenvalue weighted by atomic mass is 19.3. The summed E-state index contributed by atoms with van der Waals surface area (Å²) in [4.78, 5) is 30.5. The fourth-order valence-electron chi connectivity index (χ4n) is 2.71. The first-order valence-corrected chi connectivity index (χ1v) is 7.84. The molecule has 5 nitrogen and oxygen atoms in total. The molecule has 2 N–H and O–H groups in total. The van der Waals surface area contributed by atoms with E-state index in [0.29, 0.717) is 6.07 Å². The molecule has 2 aromatic heterocycles. The monoisotopic (exact) mass is 379 g/mol. The van der Waals surface area contributed by atoms with E-state index in [1.165, 1.54) is 18.5 Å². The first-order chi connectivity index (χ1) is 12.9. The SMILES string of the molecule is O=C(Cc1c(C(F)F)c2cnccc2[nH]c1=O)NCc1ccc(F)cc1F. The van der Waals surface area contributed by atoms with Crippen molar-refractivity contribution in [2.45, 2.75) is 19.4 Å². The van der Waals surface area contributed by atoms with Crippen molar-refractivity contribution < 1.29 is 22.4 Å². The normalized spacial score (nSPS) is 11.1. The minimum Gasteiger partial charge on any atom is -0.352 e. The largest absolute Gasteiger partial charge is 0.352 e. The smallest absolute Gasteiger partial charge is 0.265 e. The molecule has 3 aromatic rings. The summed E-state index contributed by atoms with van der Waals surface area (Å²) >= 11 is 0.